The maximum absolute atomic E-state index is 10.4. The highest BCUT2D eigenvalue weighted by atomic mass is 16.3. The van der Waals surface area contributed by atoms with E-state index in [4.69, 9.17) is 0 Å². The van der Waals surface area contributed by atoms with Gasteiger partial charge in [0, 0.05) is 13.1 Å². The van der Waals surface area contributed by atoms with E-state index in [0.717, 1.165) is 36.8 Å². The molecule has 1 aromatic rings. The Bertz CT molecular complexity index is 441. The average molecular weight is 287 g/mol. The molecule has 1 aromatic carbocycles. The lowest BCUT2D eigenvalue weighted by Gasteiger charge is -2.25. The molecule has 1 N–H and O–H groups in total. The molecule has 2 fully saturated rings. The fraction of sp³-hybridized carbons (Fsp3) is 0.684. The lowest BCUT2D eigenvalue weighted by molar-refractivity contribution is 0.136. The minimum absolute atomic E-state index is 0.309. The number of benzene rings is 1. The van der Waals surface area contributed by atoms with E-state index < -0.39 is 0 Å². The topological polar surface area (TPSA) is 23.5 Å². The Morgan fingerprint density at radius 1 is 1.14 bits per heavy atom. The summed E-state index contributed by atoms with van der Waals surface area (Å²) in [5, 5.41) is 10.4. The van der Waals surface area contributed by atoms with Crippen LogP contribution in [0.5, 0.6) is 0 Å². The highest BCUT2D eigenvalue weighted by molar-refractivity contribution is 5.24. The van der Waals surface area contributed by atoms with Crippen molar-refractivity contribution in [3.05, 3.63) is 35.4 Å². The van der Waals surface area contributed by atoms with Crippen molar-refractivity contribution in [2.75, 3.05) is 19.6 Å². The first kappa shape index (κ1) is 15.1. The molecule has 1 saturated heterocycles. The zero-order valence-electron chi connectivity index (χ0n) is 13.3. The number of nitrogens with zero attached hydrogens (tertiary/aromatic N) is 1. The van der Waals surface area contributed by atoms with E-state index in [0.29, 0.717) is 0 Å². The average Bonchev–Trinajstić information content (AvgIpc) is 2.85. The molecular formula is C19H29NO. The van der Waals surface area contributed by atoms with Gasteiger partial charge in [0.2, 0.25) is 0 Å². The van der Waals surface area contributed by atoms with Crippen LogP contribution in [0.4, 0.5) is 0 Å². The van der Waals surface area contributed by atoms with E-state index in [1.165, 1.54) is 44.3 Å². The van der Waals surface area contributed by atoms with Crippen molar-refractivity contribution in [1.29, 1.82) is 0 Å². The molecular weight excluding hydrogens is 258 g/mol. The van der Waals surface area contributed by atoms with Gasteiger partial charge in [-0.25, -0.2) is 0 Å². The van der Waals surface area contributed by atoms with Crippen molar-refractivity contribution in [2.45, 2.75) is 51.6 Å². The zero-order chi connectivity index (χ0) is 14.7. The molecule has 3 rings (SSSR count). The van der Waals surface area contributed by atoms with Crippen LogP contribution in [0.1, 0.15) is 56.3 Å². The summed E-state index contributed by atoms with van der Waals surface area (Å²) >= 11 is 0. The van der Waals surface area contributed by atoms with Gasteiger partial charge in [0.1, 0.15) is 0 Å². The Labute approximate surface area is 129 Å². The fourth-order valence-electron chi connectivity index (χ4n) is 4.08. The Kier molecular flexibility index (Phi) is 4.97. The van der Waals surface area contributed by atoms with Crippen molar-refractivity contribution in [2.24, 2.45) is 11.8 Å². The standard InChI is InChI=1S/C19H29NO/c1-2-15-5-7-18(8-6-15)19(21)10-12-20-11-9-16-3-4-17(13-16)14-20/h5-8,16-17,19,21H,2-4,9-14H2,1H3/t16-,17-,19-/m0/s1. The third kappa shape index (κ3) is 3.87. The third-order valence-corrected chi connectivity index (χ3v) is 5.51. The number of aryl methyl sites for hydroxylation is 1. The first-order valence-electron chi connectivity index (χ1n) is 8.74. The molecule has 2 aliphatic rings. The van der Waals surface area contributed by atoms with Crippen molar-refractivity contribution >= 4 is 0 Å². The summed E-state index contributed by atoms with van der Waals surface area (Å²) in [6.45, 7) is 5.71. The van der Waals surface area contributed by atoms with Crippen molar-refractivity contribution in [1.82, 2.24) is 4.90 Å². The maximum Gasteiger partial charge on any atom is 0.0802 e. The molecule has 1 aliphatic carbocycles. The molecule has 3 atom stereocenters. The minimum Gasteiger partial charge on any atom is -0.388 e. The molecule has 2 nitrogen and oxygen atoms in total. The van der Waals surface area contributed by atoms with Crippen LogP contribution in [0.15, 0.2) is 24.3 Å². The summed E-state index contributed by atoms with van der Waals surface area (Å²) in [5.41, 5.74) is 2.41. The minimum atomic E-state index is -0.309. The van der Waals surface area contributed by atoms with Crippen LogP contribution >= 0.6 is 0 Å². The monoisotopic (exact) mass is 287 g/mol. The number of hydrogen-bond donors (Lipinski definition) is 1. The number of rotatable bonds is 5. The number of likely N-dealkylation sites (tertiary alicyclic amines) is 1. The van der Waals surface area contributed by atoms with Gasteiger partial charge in [-0.05, 0) is 61.6 Å². The van der Waals surface area contributed by atoms with Crippen LogP contribution in [0.2, 0.25) is 0 Å². The second kappa shape index (κ2) is 6.93. The van der Waals surface area contributed by atoms with Gasteiger partial charge in [-0.3, -0.25) is 0 Å². The molecule has 0 radical (unpaired) electrons. The van der Waals surface area contributed by atoms with E-state index in [1.807, 2.05) is 0 Å². The van der Waals surface area contributed by atoms with E-state index >= 15 is 0 Å². The van der Waals surface area contributed by atoms with Crippen LogP contribution in [0, 0.1) is 11.8 Å². The van der Waals surface area contributed by atoms with E-state index in [9.17, 15) is 5.11 Å². The Balaban J connectivity index is 1.49. The van der Waals surface area contributed by atoms with Gasteiger partial charge in [-0.2, -0.15) is 0 Å². The number of aliphatic hydroxyl groups is 1. The number of aliphatic hydroxyl groups excluding tert-OH is 1. The van der Waals surface area contributed by atoms with E-state index in [1.54, 1.807) is 0 Å². The highest BCUT2D eigenvalue weighted by Gasteiger charge is 2.29. The zero-order valence-corrected chi connectivity index (χ0v) is 13.3. The largest absolute Gasteiger partial charge is 0.388 e. The fourth-order valence-corrected chi connectivity index (χ4v) is 4.08. The molecule has 21 heavy (non-hydrogen) atoms. The molecule has 0 spiro atoms. The first-order chi connectivity index (χ1) is 10.2. The predicted molar refractivity (Wildman–Crippen MR) is 87.3 cm³/mol. The lowest BCUT2D eigenvalue weighted by atomic mass is 10.0. The van der Waals surface area contributed by atoms with Crippen LogP contribution in [0.25, 0.3) is 0 Å². The predicted octanol–water partition coefficient (Wildman–Crippen LogP) is 3.79. The quantitative estimate of drug-likeness (QED) is 0.890. The molecule has 2 bridgehead atoms. The van der Waals surface area contributed by atoms with Crippen LogP contribution in [-0.4, -0.2) is 29.6 Å². The van der Waals surface area contributed by atoms with Gasteiger partial charge in [0.25, 0.3) is 0 Å². The normalized spacial score (nSPS) is 27.5. The SMILES string of the molecule is CCc1ccc([C@@H](O)CCN2CC[C@@H]3CC[C@@H](C3)C2)cc1. The highest BCUT2D eigenvalue weighted by Crippen LogP contribution is 2.36. The summed E-state index contributed by atoms with van der Waals surface area (Å²) in [6.07, 6.45) is 7.34. The Morgan fingerprint density at radius 2 is 1.90 bits per heavy atom. The summed E-state index contributed by atoms with van der Waals surface area (Å²) in [7, 11) is 0. The van der Waals surface area contributed by atoms with Gasteiger partial charge < -0.3 is 10.0 Å². The van der Waals surface area contributed by atoms with Crippen LogP contribution in [0.3, 0.4) is 0 Å². The van der Waals surface area contributed by atoms with Gasteiger partial charge in [-0.15, -0.1) is 0 Å². The molecule has 2 heteroatoms. The molecule has 1 heterocycles. The summed E-state index contributed by atoms with van der Waals surface area (Å²) in [5.74, 6) is 1.92. The summed E-state index contributed by atoms with van der Waals surface area (Å²) < 4.78 is 0. The molecule has 116 valence electrons. The number of hydrogen-bond acceptors (Lipinski definition) is 2. The van der Waals surface area contributed by atoms with Crippen LogP contribution in [-0.2, 0) is 6.42 Å². The molecule has 1 saturated carbocycles. The lowest BCUT2D eigenvalue weighted by Crippen LogP contribution is -2.30. The van der Waals surface area contributed by atoms with Gasteiger partial charge in [0.05, 0.1) is 6.10 Å². The third-order valence-electron chi connectivity index (χ3n) is 5.51. The van der Waals surface area contributed by atoms with Crippen molar-refractivity contribution < 1.29 is 5.11 Å². The molecule has 0 aromatic heterocycles. The Morgan fingerprint density at radius 3 is 2.67 bits per heavy atom. The first-order valence-corrected chi connectivity index (χ1v) is 8.74. The van der Waals surface area contributed by atoms with E-state index in [-0.39, 0.29) is 6.10 Å². The second-order valence-electron chi connectivity index (χ2n) is 7.03. The van der Waals surface area contributed by atoms with Gasteiger partial charge in [-0.1, -0.05) is 37.6 Å². The van der Waals surface area contributed by atoms with Crippen molar-refractivity contribution in [3.63, 3.8) is 0 Å². The number of fused-ring (bicyclic) bond motifs is 2. The molecule has 0 unspecified atom stereocenters. The summed E-state index contributed by atoms with van der Waals surface area (Å²) in [4.78, 5) is 2.59. The van der Waals surface area contributed by atoms with Crippen LogP contribution < -0.4 is 0 Å². The van der Waals surface area contributed by atoms with Gasteiger partial charge >= 0.3 is 0 Å². The smallest absolute Gasteiger partial charge is 0.0802 e. The van der Waals surface area contributed by atoms with Crippen molar-refractivity contribution in [3.8, 4) is 0 Å². The second-order valence-corrected chi connectivity index (χ2v) is 7.03. The molecule has 0 amide bonds. The summed E-state index contributed by atoms with van der Waals surface area (Å²) in [6, 6.07) is 8.47. The van der Waals surface area contributed by atoms with Gasteiger partial charge in [0.15, 0.2) is 0 Å². The maximum atomic E-state index is 10.4. The van der Waals surface area contributed by atoms with E-state index in [2.05, 4.69) is 36.1 Å². The Hall–Kier alpha value is -0.860. The molecule has 1 aliphatic heterocycles.